The third kappa shape index (κ3) is 2.89. The zero-order valence-electron chi connectivity index (χ0n) is 10.5. The molecule has 0 heterocycles. The fourth-order valence-corrected chi connectivity index (χ4v) is 1.50. The van der Waals surface area contributed by atoms with Gasteiger partial charge in [-0.1, -0.05) is 0 Å². The van der Waals surface area contributed by atoms with Crippen LogP contribution in [0.3, 0.4) is 0 Å². The average Bonchev–Trinajstić information content (AvgIpc) is 2.30. The van der Waals surface area contributed by atoms with Gasteiger partial charge in [0.1, 0.15) is 11.4 Å². The maximum atomic E-state index is 13.8. The highest BCUT2D eigenvalue weighted by Gasteiger charge is 2.30. The molecule has 1 aromatic rings. The molecule has 18 heavy (non-hydrogen) atoms. The molecule has 0 aromatic heterocycles. The monoisotopic (exact) mass is 257 g/mol. The molecule has 0 amide bonds. The summed E-state index contributed by atoms with van der Waals surface area (Å²) in [5.74, 6) is -1.20. The van der Waals surface area contributed by atoms with Crippen molar-refractivity contribution in [3.05, 3.63) is 23.5 Å². The number of ether oxygens (including phenoxy) is 2. The summed E-state index contributed by atoms with van der Waals surface area (Å²) in [5, 5.41) is 8.92. The van der Waals surface area contributed by atoms with E-state index in [1.165, 1.54) is 27.2 Å². The van der Waals surface area contributed by atoms with Crippen molar-refractivity contribution in [2.75, 3.05) is 14.2 Å². The van der Waals surface area contributed by atoms with Crippen molar-refractivity contribution < 1.29 is 23.8 Å². The third-order valence-electron chi connectivity index (χ3n) is 2.60. The Labute approximate surface area is 104 Å². The van der Waals surface area contributed by atoms with E-state index in [0.29, 0.717) is 5.75 Å². The standard InChI is InChI=1S/C12H16FNO4/c1-12(14,11(15)16)6-7-4-9(17-2)10(18-3)5-8(7)13/h4-5H,6,14H2,1-3H3,(H,15,16). The number of hydrogen-bond acceptors (Lipinski definition) is 4. The minimum absolute atomic E-state index is 0.144. The van der Waals surface area contributed by atoms with Crippen molar-refractivity contribution in [1.29, 1.82) is 0 Å². The van der Waals surface area contributed by atoms with Gasteiger partial charge in [-0.15, -0.1) is 0 Å². The van der Waals surface area contributed by atoms with Crippen LogP contribution >= 0.6 is 0 Å². The van der Waals surface area contributed by atoms with Gasteiger partial charge < -0.3 is 20.3 Å². The number of aliphatic carboxylic acids is 1. The van der Waals surface area contributed by atoms with Gasteiger partial charge in [0.05, 0.1) is 14.2 Å². The molecule has 1 atom stereocenters. The minimum atomic E-state index is -1.54. The molecule has 1 rings (SSSR count). The van der Waals surface area contributed by atoms with Crippen LogP contribution in [0, 0.1) is 5.82 Å². The second-order valence-corrected chi connectivity index (χ2v) is 4.20. The maximum absolute atomic E-state index is 13.8. The number of halogens is 1. The molecule has 0 radical (unpaired) electrons. The number of carboxylic acids is 1. The molecule has 6 heteroatoms. The van der Waals surface area contributed by atoms with E-state index in [9.17, 15) is 9.18 Å². The van der Waals surface area contributed by atoms with Crippen LogP contribution in [0.1, 0.15) is 12.5 Å². The molecule has 0 aliphatic rings. The summed E-state index contributed by atoms with van der Waals surface area (Å²) in [4.78, 5) is 10.9. The van der Waals surface area contributed by atoms with E-state index in [4.69, 9.17) is 20.3 Å². The predicted octanol–water partition coefficient (Wildman–Crippen LogP) is 1.19. The Balaban J connectivity index is 3.14. The van der Waals surface area contributed by atoms with E-state index in [2.05, 4.69) is 0 Å². The Morgan fingerprint density at radius 3 is 2.33 bits per heavy atom. The van der Waals surface area contributed by atoms with E-state index in [-0.39, 0.29) is 17.7 Å². The molecule has 5 nitrogen and oxygen atoms in total. The Morgan fingerprint density at radius 1 is 1.39 bits per heavy atom. The van der Waals surface area contributed by atoms with Gasteiger partial charge in [0.2, 0.25) is 0 Å². The van der Waals surface area contributed by atoms with Crippen LogP contribution in [0.15, 0.2) is 12.1 Å². The number of nitrogens with two attached hydrogens (primary N) is 1. The summed E-state index contributed by atoms with van der Waals surface area (Å²) >= 11 is 0. The molecule has 0 saturated heterocycles. The van der Waals surface area contributed by atoms with Gasteiger partial charge in [0, 0.05) is 12.5 Å². The minimum Gasteiger partial charge on any atom is -0.493 e. The molecule has 3 N–H and O–H groups in total. The predicted molar refractivity (Wildman–Crippen MR) is 63.4 cm³/mol. The summed E-state index contributed by atoms with van der Waals surface area (Å²) in [6, 6.07) is 2.54. The molecular weight excluding hydrogens is 241 g/mol. The molecule has 0 bridgehead atoms. The topological polar surface area (TPSA) is 81.8 Å². The fourth-order valence-electron chi connectivity index (χ4n) is 1.50. The van der Waals surface area contributed by atoms with E-state index in [1.807, 2.05) is 0 Å². The lowest BCUT2D eigenvalue weighted by Crippen LogP contribution is -2.47. The normalized spacial score (nSPS) is 13.8. The summed E-state index contributed by atoms with van der Waals surface area (Å²) in [5.41, 5.74) is 4.21. The Morgan fingerprint density at radius 2 is 1.89 bits per heavy atom. The number of methoxy groups -OCH3 is 2. The Bertz CT molecular complexity index is 460. The highest BCUT2D eigenvalue weighted by atomic mass is 19.1. The van der Waals surface area contributed by atoms with Crippen LogP contribution in [0.4, 0.5) is 4.39 Å². The highest BCUT2D eigenvalue weighted by molar-refractivity contribution is 5.78. The summed E-state index contributed by atoms with van der Waals surface area (Å²) < 4.78 is 23.7. The van der Waals surface area contributed by atoms with Gasteiger partial charge in [0.15, 0.2) is 11.5 Å². The molecule has 0 aliphatic heterocycles. The second kappa shape index (κ2) is 5.22. The van der Waals surface area contributed by atoms with E-state index >= 15 is 0 Å². The van der Waals surface area contributed by atoms with Crippen molar-refractivity contribution in [2.45, 2.75) is 18.9 Å². The molecular formula is C12H16FNO4. The molecule has 0 fully saturated rings. The van der Waals surface area contributed by atoms with Crippen LogP contribution in [0.25, 0.3) is 0 Å². The van der Waals surface area contributed by atoms with Gasteiger partial charge in [-0.25, -0.2) is 4.39 Å². The average molecular weight is 257 g/mol. The van der Waals surface area contributed by atoms with Crippen molar-refractivity contribution >= 4 is 5.97 Å². The lowest BCUT2D eigenvalue weighted by atomic mass is 9.93. The van der Waals surface area contributed by atoms with Crippen LogP contribution in [-0.2, 0) is 11.2 Å². The van der Waals surface area contributed by atoms with Gasteiger partial charge >= 0.3 is 5.97 Å². The lowest BCUT2D eigenvalue weighted by Gasteiger charge is -2.20. The van der Waals surface area contributed by atoms with Gasteiger partial charge in [-0.3, -0.25) is 4.79 Å². The van der Waals surface area contributed by atoms with Crippen LogP contribution in [-0.4, -0.2) is 30.8 Å². The number of carboxylic acid groups (broad SMARTS) is 1. The van der Waals surface area contributed by atoms with E-state index < -0.39 is 17.3 Å². The first kappa shape index (κ1) is 14.2. The summed E-state index contributed by atoms with van der Waals surface area (Å²) in [6.45, 7) is 1.32. The van der Waals surface area contributed by atoms with E-state index in [0.717, 1.165) is 6.07 Å². The number of carbonyl (C=O) groups is 1. The number of rotatable bonds is 5. The summed E-state index contributed by atoms with van der Waals surface area (Å²) in [7, 11) is 2.81. The highest BCUT2D eigenvalue weighted by Crippen LogP contribution is 2.31. The quantitative estimate of drug-likeness (QED) is 0.828. The summed E-state index contributed by atoms with van der Waals surface area (Å²) in [6.07, 6.45) is -0.144. The zero-order chi connectivity index (χ0) is 13.9. The van der Waals surface area contributed by atoms with Crippen LogP contribution in [0.2, 0.25) is 0 Å². The maximum Gasteiger partial charge on any atom is 0.323 e. The number of hydrogen-bond donors (Lipinski definition) is 2. The van der Waals surface area contributed by atoms with Crippen molar-refractivity contribution in [1.82, 2.24) is 0 Å². The van der Waals surface area contributed by atoms with Crippen LogP contribution in [0.5, 0.6) is 11.5 Å². The number of benzene rings is 1. The van der Waals surface area contributed by atoms with Gasteiger partial charge in [0.25, 0.3) is 0 Å². The van der Waals surface area contributed by atoms with Crippen LogP contribution < -0.4 is 15.2 Å². The first-order chi connectivity index (χ1) is 8.31. The second-order valence-electron chi connectivity index (χ2n) is 4.20. The van der Waals surface area contributed by atoms with Gasteiger partial charge in [-0.2, -0.15) is 0 Å². The molecule has 100 valence electrons. The SMILES string of the molecule is COc1cc(F)c(CC(C)(N)C(=O)O)cc1OC. The van der Waals surface area contributed by atoms with E-state index in [1.54, 1.807) is 0 Å². The third-order valence-corrected chi connectivity index (χ3v) is 2.60. The molecule has 0 spiro atoms. The molecule has 1 unspecified atom stereocenters. The van der Waals surface area contributed by atoms with Crippen molar-refractivity contribution in [3.8, 4) is 11.5 Å². The molecule has 0 saturated carbocycles. The first-order valence-corrected chi connectivity index (χ1v) is 5.24. The Kier molecular flexibility index (Phi) is 4.13. The smallest absolute Gasteiger partial charge is 0.323 e. The fraction of sp³-hybridized carbons (Fsp3) is 0.417. The zero-order valence-corrected chi connectivity index (χ0v) is 10.5. The van der Waals surface area contributed by atoms with Gasteiger partial charge in [-0.05, 0) is 18.6 Å². The van der Waals surface area contributed by atoms with Crippen molar-refractivity contribution in [3.63, 3.8) is 0 Å². The molecule has 1 aromatic carbocycles. The molecule has 0 aliphatic carbocycles. The van der Waals surface area contributed by atoms with Crippen molar-refractivity contribution in [2.24, 2.45) is 5.73 Å². The first-order valence-electron chi connectivity index (χ1n) is 5.24. The lowest BCUT2D eigenvalue weighted by molar-refractivity contribution is -0.142. The Hall–Kier alpha value is -1.82. The largest absolute Gasteiger partial charge is 0.493 e.